The number of nitrogens with zero attached hydrogens (tertiary/aromatic N) is 2. The number of hydrogen-bond donors (Lipinski definition) is 2. The molecule has 0 fully saturated rings. The van der Waals surface area contributed by atoms with E-state index in [1.807, 2.05) is 43.3 Å². The first kappa shape index (κ1) is 19.9. The lowest BCUT2D eigenvalue weighted by Gasteiger charge is -2.09. The number of H-pyrrole nitrogens is 1. The van der Waals surface area contributed by atoms with E-state index in [1.54, 1.807) is 26.5 Å². The normalized spacial score (nSPS) is 10.7. The van der Waals surface area contributed by atoms with Crippen molar-refractivity contribution in [3.8, 4) is 28.5 Å². The van der Waals surface area contributed by atoms with Gasteiger partial charge in [0.1, 0.15) is 5.75 Å². The molecule has 0 aliphatic heterocycles. The zero-order chi connectivity index (χ0) is 20.6. The van der Waals surface area contributed by atoms with Crippen molar-refractivity contribution in [2.75, 3.05) is 26.3 Å². The van der Waals surface area contributed by atoms with Gasteiger partial charge in [-0.3, -0.25) is 9.78 Å². The van der Waals surface area contributed by atoms with Gasteiger partial charge >= 0.3 is 0 Å². The van der Waals surface area contributed by atoms with Crippen LogP contribution in [0.1, 0.15) is 12.5 Å². The number of hydrazone groups is 1. The van der Waals surface area contributed by atoms with Crippen molar-refractivity contribution in [1.29, 1.82) is 0 Å². The van der Waals surface area contributed by atoms with E-state index in [4.69, 9.17) is 14.2 Å². The quantitative estimate of drug-likeness (QED) is 0.449. The molecule has 0 unspecified atom stereocenters. The molecule has 0 aliphatic carbocycles. The number of aromatic amines is 1. The number of hydrogen-bond acceptors (Lipinski definition) is 7. The van der Waals surface area contributed by atoms with E-state index in [0.29, 0.717) is 23.8 Å². The highest BCUT2D eigenvalue weighted by Gasteiger charge is 2.06. The summed E-state index contributed by atoms with van der Waals surface area (Å²) in [6.45, 7) is 2.46. The molecule has 0 saturated carbocycles. The third-order valence-electron chi connectivity index (χ3n) is 4.00. The summed E-state index contributed by atoms with van der Waals surface area (Å²) in [4.78, 5) is 19.0. The molecule has 29 heavy (non-hydrogen) atoms. The van der Waals surface area contributed by atoms with Crippen molar-refractivity contribution >= 4 is 12.2 Å². The Balaban J connectivity index is 1.76. The summed E-state index contributed by atoms with van der Waals surface area (Å²) in [5, 5.41) is 4.14. The molecule has 0 spiro atoms. The van der Waals surface area contributed by atoms with Gasteiger partial charge in [0.25, 0.3) is 5.56 Å². The van der Waals surface area contributed by atoms with Gasteiger partial charge in [0.2, 0.25) is 5.95 Å². The zero-order valence-electron chi connectivity index (χ0n) is 16.4. The fraction of sp³-hybridized carbons (Fsp3) is 0.190. The molecule has 3 rings (SSSR count). The maximum atomic E-state index is 12.0. The molecule has 0 saturated heterocycles. The summed E-state index contributed by atoms with van der Waals surface area (Å²) >= 11 is 0. The Hall–Kier alpha value is -3.81. The predicted octanol–water partition coefficient (Wildman–Crippen LogP) is 3.30. The summed E-state index contributed by atoms with van der Waals surface area (Å²) in [5.41, 5.74) is 4.58. The molecule has 0 radical (unpaired) electrons. The van der Waals surface area contributed by atoms with Crippen molar-refractivity contribution in [3.05, 3.63) is 64.4 Å². The summed E-state index contributed by atoms with van der Waals surface area (Å²) in [7, 11) is 3.18. The van der Waals surface area contributed by atoms with Gasteiger partial charge in [-0.2, -0.15) is 5.10 Å². The third-order valence-corrected chi connectivity index (χ3v) is 4.00. The number of ether oxygens (including phenoxy) is 3. The molecule has 2 aromatic carbocycles. The van der Waals surface area contributed by atoms with Gasteiger partial charge in [-0.05, 0) is 55.0 Å². The van der Waals surface area contributed by atoms with Gasteiger partial charge in [-0.1, -0.05) is 0 Å². The summed E-state index contributed by atoms with van der Waals surface area (Å²) in [6.07, 6.45) is 1.60. The zero-order valence-corrected chi connectivity index (χ0v) is 16.4. The Morgan fingerprint density at radius 2 is 1.86 bits per heavy atom. The van der Waals surface area contributed by atoms with Gasteiger partial charge in [0, 0.05) is 11.6 Å². The highest BCUT2D eigenvalue weighted by atomic mass is 16.5. The fourth-order valence-electron chi connectivity index (χ4n) is 2.63. The van der Waals surface area contributed by atoms with E-state index in [9.17, 15) is 4.79 Å². The maximum Gasteiger partial charge on any atom is 0.252 e. The second-order valence-corrected chi connectivity index (χ2v) is 5.92. The number of benzene rings is 2. The van der Waals surface area contributed by atoms with Crippen molar-refractivity contribution in [3.63, 3.8) is 0 Å². The van der Waals surface area contributed by atoms with Crippen LogP contribution in [0.3, 0.4) is 0 Å². The van der Waals surface area contributed by atoms with Crippen LogP contribution in [-0.4, -0.2) is 37.0 Å². The lowest BCUT2D eigenvalue weighted by atomic mass is 10.1. The second-order valence-electron chi connectivity index (χ2n) is 5.92. The molecule has 1 aromatic heterocycles. The van der Waals surface area contributed by atoms with E-state index in [2.05, 4.69) is 20.5 Å². The van der Waals surface area contributed by atoms with E-state index in [0.717, 1.165) is 16.9 Å². The van der Waals surface area contributed by atoms with Gasteiger partial charge in [0.15, 0.2) is 11.5 Å². The monoisotopic (exact) mass is 394 g/mol. The minimum absolute atomic E-state index is 0.234. The first-order chi connectivity index (χ1) is 14.1. The van der Waals surface area contributed by atoms with E-state index in [1.165, 1.54) is 6.07 Å². The first-order valence-corrected chi connectivity index (χ1v) is 8.98. The minimum Gasteiger partial charge on any atom is -0.497 e. The average molecular weight is 394 g/mol. The Kier molecular flexibility index (Phi) is 6.47. The number of rotatable bonds is 8. The van der Waals surface area contributed by atoms with Crippen molar-refractivity contribution in [2.45, 2.75) is 6.92 Å². The Bertz CT molecular complexity index is 1050. The lowest BCUT2D eigenvalue weighted by Crippen LogP contribution is -2.10. The van der Waals surface area contributed by atoms with Gasteiger partial charge in [0.05, 0.1) is 32.7 Å². The molecule has 8 nitrogen and oxygen atoms in total. The smallest absolute Gasteiger partial charge is 0.252 e. The highest BCUT2D eigenvalue weighted by molar-refractivity contribution is 5.81. The van der Waals surface area contributed by atoms with E-state index in [-0.39, 0.29) is 11.5 Å². The van der Waals surface area contributed by atoms with Crippen LogP contribution in [0.4, 0.5) is 5.95 Å². The molecule has 0 amide bonds. The number of nitrogens with one attached hydrogen (secondary N) is 2. The van der Waals surface area contributed by atoms with Crippen molar-refractivity contribution in [2.24, 2.45) is 5.10 Å². The van der Waals surface area contributed by atoms with Crippen LogP contribution in [0, 0.1) is 0 Å². The topological polar surface area (TPSA) is 97.8 Å². The Labute approximate surface area is 168 Å². The number of aromatic nitrogens is 2. The van der Waals surface area contributed by atoms with E-state index >= 15 is 0 Å². The molecule has 150 valence electrons. The standard InChI is InChI=1S/C21H22N4O4/c1-4-29-18-10-5-14(11-19(18)28-3)13-22-25-21-23-17(12-20(26)24-21)15-6-8-16(27-2)9-7-15/h5-13H,4H2,1-3H3,(H2,23,24,25,26)/b22-13-. The lowest BCUT2D eigenvalue weighted by molar-refractivity contribution is 0.311. The van der Waals surface area contributed by atoms with Crippen LogP contribution in [-0.2, 0) is 0 Å². The molecule has 0 aliphatic rings. The van der Waals surface area contributed by atoms with Crippen LogP contribution in [0.2, 0.25) is 0 Å². The number of anilines is 1. The second kappa shape index (κ2) is 9.41. The maximum absolute atomic E-state index is 12.0. The minimum atomic E-state index is -0.286. The summed E-state index contributed by atoms with van der Waals surface area (Å²) < 4.78 is 16.0. The van der Waals surface area contributed by atoms with Crippen molar-refractivity contribution in [1.82, 2.24) is 9.97 Å². The highest BCUT2D eigenvalue weighted by Crippen LogP contribution is 2.27. The molecular weight excluding hydrogens is 372 g/mol. The molecule has 2 N–H and O–H groups in total. The molecular formula is C21H22N4O4. The largest absolute Gasteiger partial charge is 0.497 e. The number of methoxy groups -OCH3 is 2. The van der Waals surface area contributed by atoms with Gasteiger partial charge in [-0.25, -0.2) is 10.4 Å². The third kappa shape index (κ3) is 5.13. The average Bonchev–Trinajstić information content (AvgIpc) is 2.74. The van der Waals surface area contributed by atoms with Crippen LogP contribution in [0.15, 0.2) is 58.4 Å². The van der Waals surface area contributed by atoms with Crippen LogP contribution < -0.4 is 25.2 Å². The molecule has 3 aromatic rings. The fourth-order valence-corrected chi connectivity index (χ4v) is 2.63. The summed E-state index contributed by atoms with van der Waals surface area (Å²) in [5.74, 6) is 2.24. The Morgan fingerprint density at radius 3 is 2.55 bits per heavy atom. The van der Waals surface area contributed by atoms with E-state index < -0.39 is 0 Å². The molecule has 0 bridgehead atoms. The van der Waals surface area contributed by atoms with Crippen LogP contribution in [0.25, 0.3) is 11.3 Å². The molecule has 1 heterocycles. The Morgan fingerprint density at radius 1 is 1.07 bits per heavy atom. The molecule has 0 atom stereocenters. The van der Waals surface area contributed by atoms with Crippen molar-refractivity contribution < 1.29 is 14.2 Å². The van der Waals surface area contributed by atoms with Gasteiger partial charge < -0.3 is 14.2 Å². The molecule has 8 heteroatoms. The van der Waals surface area contributed by atoms with Crippen LogP contribution in [0.5, 0.6) is 17.2 Å². The van der Waals surface area contributed by atoms with Crippen LogP contribution >= 0.6 is 0 Å². The summed E-state index contributed by atoms with van der Waals surface area (Å²) in [6, 6.07) is 14.2. The predicted molar refractivity (Wildman–Crippen MR) is 112 cm³/mol. The van der Waals surface area contributed by atoms with Gasteiger partial charge in [-0.15, -0.1) is 0 Å². The first-order valence-electron chi connectivity index (χ1n) is 8.98. The SMILES string of the molecule is CCOc1ccc(/C=N\Nc2nc(-c3ccc(OC)cc3)cc(=O)[nH]2)cc1OC.